The minimum absolute atomic E-state index is 0.116. The summed E-state index contributed by atoms with van der Waals surface area (Å²) in [4.78, 5) is 4.15. The van der Waals surface area contributed by atoms with Crippen molar-refractivity contribution in [3.05, 3.63) is 53.9 Å². The normalized spacial score (nSPS) is 12.1. The molecule has 1 heterocycles. The molecule has 0 spiro atoms. The van der Waals surface area contributed by atoms with E-state index in [4.69, 9.17) is 10.5 Å². The van der Waals surface area contributed by atoms with Crippen molar-refractivity contribution in [3.63, 3.8) is 0 Å². The maximum absolute atomic E-state index is 6.01. The Morgan fingerprint density at radius 2 is 2.11 bits per heavy atom. The predicted octanol–water partition coefficient (Wildman–Crippen LogP) is 2.18. The highest BCUT2D eigenvalue weighted by Crippen LogP contribution is 2.26. The van der Waals surface area contributed by atoms with Gasteiger partial charge in [0, 0.05) is 29.7 Å². The largest absolute Gasteiger partial charge is 0.496 e. The first-order valence-corrected chi connectivity index (χ1v) is 6.24. The summed E-state index contributed by atoms with van der Waals surface area (Å²) in [5.74, 6) is 0.894. The number of hydrogen-bond donors (Lipinski definition) is 2. The number of nitrogens with one attached hydrogen (secondary N) is 1. The number of aromatic nitrogens is 1. The standard InChI is InChI=1S/C15H19N3O/c1-17-14(12-10-18-8-7-13(12)16)9-11-5-3-4-6-15(11)19-2/h3-8,10,14,17H,9H2,1-2H3,(H2,16,18). The summed E-state index contributed by atoms with van der Waals surface area (Å²) < 4.78 is 5.38. The number of likely N-dealkylation sites (N-methyl/N-ethyl adjacent to an activating group) is 1. The van der Waals surface area contributed by atoms with Crippen LogP contribution >= 0.6 is 0 Å². The highest BCUT2D eigenvalue weighted by molar-refractivity contribution is 5.47. The third-order valence-corrected chi connectivity index (χ3v) is 3.23. The van der Waals surface area contributed by atoms with Crippen LogP contribution < -0.4 is 15.8 Å². The molecular weight excluding hydrogens is 238 g/mol. The molecule has 0 bridgehead atoms. The lowest BCUT2D eigenvalue weighted by Gasteiger charge is -2.19. The van der Waals surface area contributed by atoms with E-state index in [0.29, 0.717) is 0 Å². The van der Waals surface area contributed by atoms with Crippen molar-refractivity contribution in [1.29, 1.82) is 0 Å². The Labute approximate surface area is 113 Å². The second kappa shape index (κ2) is 6.20. The van der Waals surface area contributed by atoms with Crippen molar-refractivity contribution in [3.8, 4) is 5.75 Å². The van der Waals surface area contributed by atoms with E-state index in [1.807, 2.05) is 37.5 Å². The third-order valence-electron chi connectivity index (χ3n) is 3.23. The van der Waals surface area contributed by atoms with Crippen LogP contribution in [-0.2, 0) is 6.42 Å². The lowest BCUT2D eigenvalue weighted by atomic mass is 9.98. The number of benzene rings is 1. The minimum Gasteiger partial charge on any atom is -0.496 e. The van der Waals surface area contributed by atoms with Crippen LogP contribution in [-0.4, -0.2) is 19.1 Å². The van der Waals surface area contributed by atoms with Gasteiger partial charge in [-0.2, -0.15) is 0 Å². The molecule has 0 aliphatic heterocycles. The van der Waals surface area contributed by atoms with Crippen LogP contribution in [0, 0.1) is 0 Å². The minimum atomic E-state index is 0.116. The van der Waals surface area contributed by atoms with Gasteiger partial charge in [-0.15, -0.1) is 0 Å². The lowest BCUT2D eigenvalue weighted by Crippen LogP contribution is -2.20. The van der Waals surface area contributed by atoms with E-state index in [0.717, 1.165) is 29.0 Å². The number of hydrogen-bond acceptors (Lipinski definition) is 4. The van der Waals surface area contributed by atoms with Gasteiger partial charge in [-0.3, -0.25) is 4.98 Å². The molecule has 2 aromatic rings. The molecule has 0 saturated carbocycles. The molecule has 0 aliphatic rings. The summed E-state index contributed by atoms with van der Waals surface area (Å²) in [7, 11) is 3.61. The van der Waals surface area contributed by atoms with Crippen molar-refractivity contribution < 1.29 is 4.74 Å². The van der Waals surface area contributed by atoms with Gasteiger partial charge < -0.3 is 15.8 Å². The quantitative estimate of drug-likeness (QED) is 0.862. The Morgan fingerprint density at radius 3 is 2.79 bits per heavy atom. The van der Waals surface area contributed by atoms with E-state index in [9.17, 15) is 0 Å². The van der Waals surface area contributed by atoms with Gasteiger partial charge in [0.05, 0.1) is 7.11 Å². The summed E-state index contributed by atoms with van der Waals surface area (Å²) >= 11 is 0. The van der Waals surface area contributed by atoms with Crippen LogP contribution in [0.5, 0.6) is 5.75 Å². The van der Waals surface area contributed by atoms with Crippen LogP contribution in [0.3, 0.4) is 0 Å². The van der Waals surface area contributed by atoms with Gasteiger partial charge in [-0.05, 0) is 31.2 Å². The summed E-state index contributed by atoms with van der Waals surface area (Å²) in [6.07, 6.45) is 4.32. The van der Waals surface area contributed by atoms with E-state index in [2.05, 4.69) is 16.4 Å². The van der Waals surface area contributed by atoms with E-state index >= 15 is 0 Å². The summed E-state index contributed by atoms with van der Waals surface area (Å²) in [6, 6.07) is 9.95. The van der Waals surface area contributed by atoms with Gasteiger partial charge in [-0.1, -0.05) is 18.2 Å². The monoisotopic (exact) mass is 257 g/mol. The SMILES string of the molecule is CNC(Cc1ccccc1OC)c1cnccc1N. The third kappa shape index (κ3) is 3.03. The Kier molecular flexibility index (Phi) is 4.36. The van der Waals surface area contributed by atoms with E-state index < -0.39 is 0 Å². The molecule has 1 atom stereocenters. The molecule has 2 rings (SSSR count). The van der Waals surface area contributed by atoms with Gasteiger partial charge in [0.2, 0.25) is 0 Å². The first-order valence-electron chi connectivity index (χ1n) is 6.24. The average molecular weight is 257 g/mol. The van der Waals surface area contributed by atoms with Gasteiger partial charge in [-0.25, -0.2) is 0 Å². The number of nitrogens with zero attached hydrogens (tertiary/aromatic N) is 1. The second-order valence-electron chi connectivity index (χ2n) is 4.36. The second-order valence-corrected chi connectivity index (χ2v) is 4.36. The molecule has 1 aromatic heterocycles. The van der Waals surface area contributed by atoms with Crippen molar-refractivity contribution in [1.82, 2.24) is 10.3 Å². The number of ether oxygens (including phenoxy) is 1. The van der Waals surface area contributed by atoms with Crippen LogP contribution in [0.15, 0.2) is 42.7 Å². The molecule has 3 N–H and O–H groups in total. The van der Waals surface area contributed by atoms with Crippen molar-refractivity contribution in [2.75, 3.05) is 19.9 Å². The van der Waals surface area contributed by atoms with E-state index in [-0.39, 0.29) is 6.04 Å². The summed E-state index contributed by atoms with van der Waals surface area (Å²) in [6.45, 7) is 0. The zero-order valence-electron chi connectivity index (χ0n) is 11.3. The van der Waals surface area contributed by atoms with E-state index in [1.54, 1.807) is 13.3 Å². The number of methoxy groups -OCH3 is 1. The number of rotatable bonds is 5. The molecule has 0 amide bonds. The zero-order valence-corrected chi connectivity index (χ0v) is 11.3. The number of para-hydroxylation sites is 1. The summed E-state index contributed by atoms with van der Waals surface area (Å²) in [5, 5.41) is 3.28. The molecule has 0 radical (unpaired) electrons. The van der Waals surface area contributed by atoms with Crippen LogP contribution in [0.2, 0.25) is 0 Å². The Bertz CT molecular complexity index is 542. The Balaban J connectivity index is 2.27. The molecule has 0 saturated heterocycles. The van der Waals surface area contributed by atoms with Crippen molar-refractivity contribution in [2.24, 2.45) is 0 Å². The number of nitrogens with two attached hydrogens (primary N) is 1. The molecule has 4 nitrogen and oxygen atoms in total. The maximum Gasteiger partial charge on any atom is 0.122 e. The topological polar surface area (TPSA) is 60.2 Å². The summed E-state index contributed by atoms with van der Waals surface area (Å²) in [5.41, 5.74) is 8.92. The highest BCUT2D eigenvalue weighted by Gasteiger charge is 2.15. The van der Waals surface area contributed by atoms with Gasteiger partial charge in [0.25, 0.3) is 0 Å². The highest BCUT2D eigenvalue weighted by atomic mass is 16.5. The molecule has 1 unspecified atom stereocenters. The van der Waals surface area contributed by atoms with Crippen LogP contribution in [0.4, 0.5) is 5.69 Å². The fourth-order valence-electron chi connectivity index (χ4n) is 2.17. The molecule has 0 aliphatic carbocycles. The number of anilines is 1. The van der Waals surface area contributed by atoms with Crippen molar-refractivity contribution in [2.45, 2.75) is 12.5 Å². The zero-order chi connectivity index (χ0) is 13.7. The fourth-order valence-corrected chi connectivity index (χ4v) is 2.17. The van der Waals surface area contributed by atoms with Crippen LogP contribution in [0.25, 0.3) is 0 Å². The maximum atomic E-state index is 6.01. The van der Waals surface area contributed by atoms with E-state index in [1.165, 1.54) is 0 Å². The first-order chi connectivity index (χ1) is 9.26. The molecule has 0 fully saturated rings. The molecule has 4 heteroatoms. The fraction of sp³-hybridized carbons (Fsp3) is 0.267. The average Bonchev–Trinajstić information content (AvgIpc) is 2.46. The van der Waals surface area contributed by atoms with Gasteiger partial charge in [0.15, 0.2) is 0 Å². The molecule has 1 aromatic carbocycles. The van der Waals surface area contributed by atoms with Crippen LogP contribution in [0.1, 0.15) is 17.2 Å². The number of pyridine rings is 1. The van der Waals surface area contributed by atoms with Gasteiger partial charge >= 0.3 is 0 Å². The number of nitrogen functional groups attached to an aromatic ring is 1. The lowest BCUT2D eigenvalue weighted by molar-refractivity contribution is 0.406. The smallest absolute Gasteiger partial charge is 0.122 e. The Hall–Kier alpha value is -2.07. The molecular formula is C15H19N3O. The van der Waals surface area contributed by atoms with Crippen molar-refractivity contribution >= 4 is 5.69 Å². The first kappa shape index (κ1) is 13.4. The Morgan fingerprint density at radius 1 is 1.32 bits per heavy atom. The predicted molar refractivity (Wildman–Crippen MR) is 77.1 cm³/mol. The molecule has 19 heavy (non-hydrogen) atoms. The molecule has 100 valence electrons. The van der Waals surface area contributed by atoms with Gasteiger partial charge in [0.1, 0.15) is 5.75 Å².